The van der Waals surface area contributed by atoms with E-state index >= 15 is 0 Å². The average Bonchev–Trinajstić information content (AvgIpc) is 2.55. The molecule has 1 N–H and O–H groups in total. The summed E-state index contributed by atoms with van der Waals surface area (Å²) < 4.78 is 12.0. The first-order valence-electron chi connectivity index (χ1n) is 7.05. The topological polar surface area (TPSA) is 94.2 Å². The molecule has 7 nitrogen and oxygen atoms in total. The molecule has 126 valence electrons. The van der Waals surface area contributed by atoms with Crippen molar-refractivity contribution < 1.29 is 19.6 Å². The van der Waals surface area contributed by atoms with Crippen molar-refractivity contribution >= 4 is 27.8 Å². The van der Waals surface area contributed by atoms with Gasteiger partial charge in [-0.05, 0) is 52.7 Å². The normalized spacial score (nSPS) is 10.8. The first kappa shape index (κ1) is 17.7. The van der Waals surface area contributed by atoms with Crippen LogP contribution in [0.2, 0.25) is 0 Å². The summed E-state index contributed by atoms with van der Waals surface area (Å²) in [5, 5.41) is 22.3. The van der Waals surface area contributed by atoms with E-state index < -0.39 is 4.92 Å². The van der Waals surface area contributed by atoms with Crippen LogP contribution >= 0.6 is 15.9 Å². The molecule has 24 heavy (non-hydrogen) atoms. The average molecular weight is 395 g/mol. The highest BCUT2D eigenvalue weighted by atomic mass is 79.9. The van der Waals surface area contributed by atoms with Gasteiger partial charge in [0.05, 0.1) is 22.2 Å². The number of rotatable bonds is 7. The predicted molar refractivity (Wildman–Crippen MR) is 92.1 cm³/mol. The maximum Gasteiger partial charge on any atom is 0.269 e. The second-order valence-electron chi connectivity index (χ2n) is 4.72. The van der Waals surface area contributed by atoms with E-state index in [-0.39, 0.29) is 12.3 Å². The highest BCUT2D eigenvalue weighted by Gasteiger charge is 2.13. The van der Waals surface area contributed by atoms with E-state index in [1.54, 1.807) is 24.3 Å². The van der Waals surface area contributed by atoms with Crippen LogP contribution < -0.4 is 9.47 Å². The number of oxime groups is 1. The van der Waals surface area contributed by atoms with Crippen molar-refractivity contribution in [3.05, 3.63) is 62.1 Å². The summed E-state index contributed by atoms with van der Waals surface area (Å²) in [7, 11) is 0. The monoisotopic (exact) mass is 394 g/mol. The van der Waals surface area contributed by atoms with Crippen molar-refractivity contribution in [2.45, 2.75) is 13.5 Å². The maximum absolute atomic E-state index is 10.7. The van der Waals surface area contributed by atoms with Gasteiger partial charge in [0.15, 0.2) is 11.5 Å². The first-order chi connectivity index (χ1) is 11.5. The molecule has 0 fully saturated rings. The van der Waals surface area contributed by atoms with Crippen LogP contribution in [0.25, 0.3) is 0 Å². The van der Waals surface area contributed by atoms with Crippen LogP contribution in [0.15, 0.2) is 46.0 Å². The van der Waals surface area contributed by atoms with Gasteiger partial charge in [-0.1, -0.05) is 5.16 Å². The van der Waals surface area contributed by atoms with Crippen molar-refractivity contribution in [1.29, 1.82) is 0 Å². The highest BCUT2D eigenvalue weighted by Crippen LogP contribution is 2.37. The molecule has 0 spiro atoms. The van der Waals surface area contributed by atoms with Crippen LogP contribution in [0.4, 0.5) is 5.69 Å². The van der Waals surface area contributed by atoms with Crippen LogP contribution in [0.1, 0.15) is 18.1 Å². The van der Waals surface area contributed by atoms with Gasteiger partial charge in [-0.2, -0.15) is 0 Å². The lowest BCUT2D eigenvalue weighted by molar-refractivity contribution is -0.384. The molecule has 0 saturated carbocycles. The fourth-order valence-electron chi connectivity index (χ4n) is 2.00. The molecule has 2 aromatic rings. The highest BCUT2D eigenvalue weighted by molar-refractivity contribution is 9.10. The van der Waals surface area contributed by atoms with Crippen LogP contribution in [0, 0.1) is 10.1 Å². The predicted octanol–water partition coefficient (Wildman–Crippen LogP) is 4.14. The smallest absolute Gasteiger partial charge is 0.269 e. The number of halogens is 1. The first-order valence-corrected chi connectivity index (χ1v) is 7.84. The Morgan fingerprint density at radius 2 is 2.00 bits per heavy atom. The Labute approximate surface area is 146 Å². The number of nitrogens with zero attached hydrogens (tertiary/aromatic N) is 2. The lowest BCUT2D eigenvalue weighted by Gasteiger charge is -2.14. The summed E-state index contributed by atoms with van der Waals surface area (Å²) in [6.45, 7) is 2.52. The molecule has 0 unspecified atom stereocenters. The zero-order valence-electron chi connectivity index (χ0n) is 12.8. The van der Waals surface area contributed by atoms with E-state index in [2.05, 4.69) is 21.1 Å². The lowest BCUT2D eigenvalue weighted by Crippen LogP contribution is -2.01. The Balaban J connectivity index is 2.20. The summed E-state index contributed by atoms with van der Waals surface area (Å²) in [6, 6.07) is 9.56. The molecule has 0 aromatic heterocycles. The molecule has 0 aliphatic heterocycles. The van der Waals surface area contributed by atoms with Crippen LogP contribution in [-0.4, -0.2) is 23.0 Å². The van der Waals surface area contributed by atoms with Gasteiger partial charge in [-0.25, -0.2) is 0 Å². The van der Waals surface area contributed by atoms with E-state index in [9.17, 15) is 10.1 Å². The third-order valence-electron chi connectivity index (χ3n) is 3.07. The standard InChI is InChI=1S/C16H15BrN2O5/c1-2-23-15-8-12(9-18-20)7-14(17)16(15)24-10-11-3-5-13(6-4-11)19(21)22/h3-9,20H,2,10H2,1H3/b18-9+. The third-order valence-corrected chi connectivity index (χ3v) is 3.66. The number of hydrogen-bond donors (Lipinski definition) is 1. The molecule has 0 aliphatic rings. The van der Waals surface area contributed by atoms with E-state index in [0.29, 0.717) is 28.1 Å². The van der Waals surface area contributed by atoms with E-state index in [1.165, 1.54) is 18.3 Å². The Morgan fingerprint density at radius 3 is 2.58 bits per heavy atom. The molecule has 8 heteroatoms. The van der Waals surface area contributed by atoms with Crippen LogP contribution in [0.5, 0.6) is 11.5 Å². The van der Waals surface area contributed by atoms with Crippen molar-refractivity contribution in [2.24, 2.45) is 5.16 Å². The fraction of sp³-hybridized carbons (Fsp3) is 0.188. The lowest BCUT2D eigenvalue weighted by atomic mass is 10.2. The Hall–Kier alpha value is -2.61. The summed E-state index contributed by atoms with van der Waals surface area (Å²) in [5.74, 6) is 1.01. The number of nitro benzene ring substituents is 1. The molecule has 2 aromatic carbocycles. The van der Waals surface area contributed by atoms with E-state index in [0.717, 1.165) is 5.56 Å². The molecule has 0 atom stereocenters. The molecule has 0 amide bonds. The summed E-state index contributed by atoms with van der Waals surface area (Å²) in [5.41, 5.74) is 1.47. The molecule has 0 aliphatic carbocycles. The second-order valence-corrected chi connectivity index (χ2v) is 5.57. The fourth-order valence-corrected chi connectivity index (χ4v) is 2.58. The number of benzene rings is 2. The van der Waals surface area contributed by atoms with Gasteiger partial charge in [-0.15, -0.1) is 0 Å². The number of hydrogen-bond acceptors (Lipinski definition) is 6. The SMILES string of the molecule is CCOc1cc(/C=N/O)cc(Br)c1OCc1ccc([N+](=O)[O-])cc1. The summed E-state index contributed by atoms with van der Waals surface area (Å²) >= 11 is 3.40. The van der Waals surface area contributed by atoms with Crippen molar-refractivity contribution in [2.75, 3.05) is 6.61 Å². The zero-order chi connectivity index (χ0) is 17.5. The van der Waals surface area contributed by atoms with Crippen LogP contribution in [-0.2, 0) is 6.61 Å². The van der Waals surface area contributed by atoms with Gasteiger partial charge in [0, 0.05) is 17.7 Å². The largest absolute Gasteiger partial charge is 0.490 e. The molecule has 0 saturated heterocycles. The molecule has 0 heterocycles. The minimum absolute atomic E-state index is 0.0302. The van der Waals surface area contributed by atoms with Gasteiger partial charge in [0.25, 0.3) is 5.69 Å². The molecule has 0 radical (unpaired) electrons. The number of ether oxygens (including phenoxy) is 2. The maximum atomic E-state index is 10.7. The third kappa shape index (κ3) is 4.45. The minimum atomic E-state index is -0.449. The Bertz CT molecular complexity index is 747. The van der Waals surface area contributed by atoms with Gasteiger partial charge in [0.1, 0.15) is 6.61 Å². The number of non-ortho nitro benzene ring substituents is 1. The van der Waals surface area contributed by atoms with Crippen molar-refractivity contribution in [1.82, 2.24) is 0 Å². The molecule has 0 bridgehead atoms. The minimum Gasteiger partial charge on any atom is -0.490 e. The molecular formula is C16H15BrN2O5. The zero-order valence-corrected chi connectivity index (χ0v) is 14.4. The van der Waals surface area contributed by atoms with Gasteiger partial charge in [0.2, 0.25) is 0 Å². The second kappa shape index (κ2) is 8.30. The molecular weight excluding hydrogens is 380 g/mol. The number of nitro groups is 1. The molecule has 2 rings (SSSR count). The van der Waals surface area contributed by atoms with Gasteiger partial charge >= 0.3 is 0 Å². The Morgan fingerprint density at radius 1 is 1.29 bits per heavy atom. The van der Waals surface area contributed by atoms with Gasteiger partial charge in [-0.3, -0.25) is 10.1 Å². The van der Waals surface area contributed by atoms with Gasteiger partial charge < -0.3 is 14.7 Å². The summed E-state index contributed by atoms with van der Waals surface area (Å²) in [6.07, 6.45) is 1.29. The van der Waals surface area contributed by atoms with Crippen molar-refractivity contribution in [3.8, 4) is 11.5 Å². The Kier molecular flexibility index (Phi) is 6.14. The summed E-state index contributed by atoms with van der Waals surface area (Å²) in [4.78, 5) is 10.2. The van der Waals surface area contributed by atoms with Crippen LogP contribution in [0.3, 0.4) is 0 Å². The quantitative estimate of drug-likeness (QED) is 0.329. The van der Waals surface area contributed by atoms with Crippen molar-refractivity contribution in [3.63, 3.8) is 0 Å². The van der Waals surface area contributed by atoms with E-state index in [1.807, 2.05) is 6.92 Å². The van der Waals surface area contributed by atoms with E-state index in [4.69, 9.17) is 14.7 Å².